The summed E-state index contributed by atoms with van der Waals surface area (Å²) in [6, 6.07) is 1.10. The lowest BCUT2D eigenvalue weighted by atomic mass is 10.2. The van der Waals surface area contributed by atoms with Crippen molar-refractivity contribution in [1.82, 2.24) is 0 Å². The summed E-state index contributed by atoms with van der Waals surface area (Å²) >= 11 is 5.49. The van der Waals surface area contributed by atoms with Gasteiger partial charge >= 0.3 is 0 Å². The zero-order chi connectivity index (χ0) is 10.0. The molecule has 0 amide bonds. The van der Waals surface area contributed by atoms with Gasteiger partial charge in [-0.1, -0.05) is 11.6 Å². The normalized spacial score (nSPS) is 9.77. The fourth-order valence-corrected chi connectivity index (χ4v) is 1.07. The standard InChI is InChI=1S/C8H6ClFO3/c1-13-6-2-5(9)8(12)4(3-11)7(6)10/h2-3,12H,1H3. The van der Waals surface area contributed by atoms with E-state index in [1.807, 2.05) is 0 Å². The van der Waals surface area contributed by atoms with Gasteiger partial charge in [0.05, 0.1) is 17.7 Å². The number of carbonyl (C=O) groups is 1. The van der Waals surface area contributed by atoms with Crippen molar-refractivity contribution in [2.45, 2.75) is 0 Å². The molecule has 0 atom stereocenters. The molecule has 1 aromatic rings. The first-order chi connectivity index (χ1) is 6.11. The van der Waals surface area contributed by atoms with Crippen molar-refractivity contribution < 1.29 is 19.0 Å². The monoisotopic (exact) mass is 204 g/mol. The number of methoxy groups -OCH3 is 1. The predicted molar refractivity (Wildman–Crippen MR) is 45.0 cm³/mol. The molecule has 5 heteroatoms. The van der Waals surface area contributed by atoms with Crippen LogP contribution in [0.15, 0.2) is 6.07 Å². The first-order valence-electron chi connectivity index (χ1n) is 3.32. The molecule has 1 aromatic carbocycles. The van der Waals surface area contributed by atoms with E-state index in [1.165, 1.54) is 7.11 Å². The Morgan fingerprint density at radius 2 is 2.31 bits per heavy atom. The van der Waals surface area contributed by atoms with E-state index in [-0.39, 0.29) is 17.1 Å². The lowest BCUT2D eigenvalue weighted by Crippen LogP contribution is -1.94. The van der Waals surface area contributed by atoms with Crippen LogP contribution in [0, 0.1) is 5.82 Å². The van der Waals surface area contributed by atoms with Crippen molar-refractivity contribution in [2.75, 3.05) is 7.11 Å². The van der Waals surface area contributed by atoms with Gasteiger partial charge in [0.2, 0.25) is 0 Å². The molecule has 0 radical (unpaired) electrons. The van der Waals surface area contributed by atoms with Crippen LogP contribution in [0.2, 0.25) is 5.02 Å². The number of carbonyl (C=O) groups excluding carboxylic acids is 1. The van der Waals surface area contributed by atoms with E-state index in [0.29, 0.717) is 0 Å². The van der Waals surface area contributed by atoms with E-state index in [0.717, 1.165) is 6.07 Å². The molecule has 70 valence electrons. The SMILES string of the molecule is COc1cc(Cl)c(O)c(C=O)c1F. The predicted octanol–water partition coefficient (Wildman–Crippen LogP) is 2.01. The summed E-state index contributed by atoms with van der Waals surface area (Å²) in [6.45, 7) is 0. The van der Waals surface area contributed by atoms with E-state index in [1.54, 1.807) is 0 Å². The average molecular weight is 205 g/mol. The number of aromatic hydroxyl groups is 1. The van der Waals surface area contributed by atoms with Crippen LogP contribution in [0.4, 0.5) is 4.39 Å². The summed E-state index contributed by atoms with van der Waals surface area (Å²) in [6.07, 6.45) is 0.180. The van der Waals surface area contributed by atoms with E-state index in [2.05, 4.69) is 4.74 Å². The highest BCUT2D eigenvalue weighted by Crippen LogP contribution is 2.34. The Kier molecular flexibility index (Phi) is 2.72. The van der Waals surface area contributed by atoms with Gasteiger partial charge in [-0.2, -0.15) is 0 Å². The van der Waals surface area contributed by atoms with Gasteiger partial charge in [0, 0.05) is 6.07 Å². The summed E-state index contributed by atoms with van der Waals surface area (Å²) in [5.74, 6) is -1.67. The van der Waals surface area contributed by atoms with Gasteiger partial charge in [-0.15, -0.1) is 0 Å². The maximum absolute atomic E-state index is 13.1. The summed E-state index contributed by atoms with van der Waals surface area (Å²) in [5, 5.41) is 9.01. The van der Waals surface area contributed by atoms with Gasteiger partial charge in [0.15, 0.2) is 17.9 Å². The van der Waals surface area contributed by atoms with E-state index >= 15 is 0 Å². The zero-order valence-corrected chi connectivity index (χ0v) is 7.43. The summed E-state index contributed by atoms with van der Waals surface area (Å²) in [5.41, 5.74) is -0.496. The Labute approximate surface area is 78.7 Å². The number of phenols is 1. The van der Waals surface area contributed by atoms with Gasteiger partial charge < -0.3 is 9.84 Å². The van der Waals surface area contributed by atoms with Gasteiger partial charge in [-0.25, -0.2) is 4.39 Å². The highest BCUT2D eigenvalue weighted by molar-refractivity contribution is 6.32. The molecule has 0 bridgehead atoms. The Hall–Kier alpha value is -1.29. The molecule has 3 nitrogen and oxygen atoms in total. The fourth-order valence-electron chi connectivity index (χ4n) is 0.868. The van der Waals surface area contributed by atoms with Crippen LogP contribution in [0.1, 0.15) is 10.4 Å². The maximum atomic E-state index is 13.1. The molecule has 1 N–H and O–H groups in total. The summed E-state index contributed by atoms with van der Waals surface area (Å²) in [4.78, 5) is 10.4. The lowest BCUT2D eigenvalue weighted by Gasteiger charge is -2.06. The van der Waals surface area contributed by atoms with Crippen LogP contribution in [0.5, 0.6) is 11.5 Å². The van der Waals surface area contributed by atoms with Crippen LogP contribution in [0.25, 0.3) is 0 Å². The molecule has 0 fully saturated rings. The number of hydrogen-bond donors (Lipinski definition) is 1. The second-order valence-corrected chi connectivity index (χ2v) is 2.66. The third kappa shape index (κ3) is 1.58. The molecule has 0 saturated carbocycles. The number of hydrogen-bond acceptors (Lipinski definition) is 3. The first-order valence-corrected chi connectivity index (χ1v) is 3.69. The van der Waals surface area contributed by atoms with Crippen LogP contribution in [-0.2, 0) is 0 Å². The molecule has 0 aromatic heterocycles. The second kappa shape index (κ2) is 3.62. The minimum Gasteiger partial charge on any atom is -0.506 e. The van der Waals surface area contributed by atoms with E-state index in [4.69, 9.17) is 16.7 Å². The molecular weight excluding hydrogens is 199 g/mol. The highest BCUT2D eigenvalue weighted by Gasteiger charge is 2.16. The van der Waals surface area contributed by atoms with Crippen molar-refractivity contribution in [1.29, 1.82) is 0 Å². The molecule has 0 unspecified atom stereocenters. The van der Waals surface area contributed by atoms with Crippen LogP contribution >= 0.6 is 11.6 Å². The second-order valence-electron chi connectivity index (χ2n) is 2.25. The van der Waals surface area contributed by atoms with Gasteiger partial charge in [0.25, 0.3) is 0 Å². The summed E-state index contributed by atoms with van der Waals surface area (Å²) < 4.78 is 17.7. The molecule has 0 saturated heterocycles. The molecule has 0 aliphatic rings. The smallest absolute Gasteiger partial charge is 0.179 e. The third-order valence-electron chi connectivity index (χ3n) is 1.53. The largest absolute Gasteiger partial charge is 0.506 e. The molecule has 13 heavy (non-hydrogen) atoms. The lowest BCUT2D eigenvalue weighted by molar-refractivity contribution is 0.111. The highest BCUT2D eigenvalue weighted by atomic mass is 35.5. The van der Waals surface area contributed by atoms with Crippen LogP contribution in [-0.4, -0.2) is 18.5 Å². The molecule has 1 rings (SSSR count). The Balaban J connectivity index is 3.47. The Morgan fingerprint density at radius 1 is 1.69 bits per heavy atom. The molecule has 0 spiro atoms. The van der Waals surface area contributed by atoms with Crippen molar-refractivity contribution >= 4 is 17.9 Å². The van der Waals surface area contributed by atoms with Crippen LogP contribution < -0.4 is 4.74 Å². The van der Waals surface area contributed by atoms with Crippen molar-refractivity contribution in [3.05, 3.63) is 22.5 Å². The molecular formula is C8H6ClFO3. The number of rotatable bonds is 2. The van der Waals surface area contributed by atoms with Crippen molar-refractivity contribution in [2.24, 2.45) is 0 Å². The minimum absolute atomic E-state index is 0.125. The van der Waals surface area contributed by atoms with E-state index in [9.17, 15) is 9.18 Å². The molecule has 0 aliphatic heterocycles. The average Bonchev–Trinajstić information content (AvgIpc) is 2.12. The Morgan fingerprint density at radius 3 is 2.77 bits per heavy atom. The van der Waals surface area contributed by atoms with Crippen LogP contribution in [0.3, 0.4) is 0 Å². The van der Waals surface area contributed by atoms with Gasteiger partial charge in [-0.05, 0) is 0 Å². The summed E-state index contributed by atoms with van der Waals surface area (Å²) in [7, 11) is 1.24. The molecule has 0 aliphatic carbocycles. The number of aldehydes is 1. The number of halogens is 2. The minimum atomic E-state index is -0.917. The number of ether oxygens (including phenoxy) is 1. The van der Waals surface area contributed by atoms with Gasteiger partial charge in [-0.3, -0.25) is 4.79 Å². The quantitative estimate of drug-likeness (QED) is 0.750. The fraction of sp³-hybridized carbons (Fsp3) is 0.125. The topological polar surface area (TPSA) is 46.5 Å². The maximum Gasteiger partial charge on any atom is 0.179 e. The van der Waals surface area contributed by atoms with Crippen molar-refractivity contribution in [3.63, 3.8) is 0 Å². The number of benzene rings is 1. The zero-order valence-electron chi connectivity index (χ0n) is 6.67. The van der Waals surface area contributed by atoms with E-state index < -0.39 is 17.1 Å². The van der Waals surface area contributed by atoms with Gasteiger partial charge in [0.1, 0.15) is 5.75 Å². The first kappa shape index (κ1) is 9.80. The third-order valence-corrected chi connectivity index (χ3v) is 1.82. The molecule has 0 heterocycles. The van der Waals surface area contributed by atoms with Crippen molar-refractivity contribution in [3.8, 4) is 11.5 Å². The number of phenolic OH excluding ortho intramolecular Hbond substituents is 1. The Bertz CT molecular complexity index is 352.